The van der Waals surface area contributed by atoms with Crippen LogP contribution in [0.2, 0.25) is 0 Å². The van der Waals surface area contributed by atoms with E-state index in [0.29, 0.717) is 23.0 Å². The summed E-state index contributed by atoms with van der Waals surface area (Å²) in [7, 11) is 2.88. The van der Waals surface area contributed by atoms with Crippen LogP contribution in [0.25, 0.3) is 0 Å². The average molecular weight is 426 g/mol. The lowest BCUT2D eigenvalue weighted by atomic mass is 9.98. The molecule has 1 fully saturated rings. The number of anilines is 3. The predicted molar refractivity (Wildman–Crippen MR) is 119 cm³/mol. The second-order valence-electron chi connectivity index (χ2n) is 7.66. The highest BCUT2D eigenvalue weighted by atomic mass is 16.6. The van der Waals surface area contributed by atoms with Crippen molar-refractivity contribution in [2.24, 2.45) is 5.92 Å². The Balaban J connectivity index is 1.83. The van der Waals surface area contributed by atoms with E-state index in [-0.39, 0.29) is 11.3 Å². The number of nitro groups is 1. The Kier molecular flexibility index (Phi) is 6.74. The fourth-order valence-corrected chi connectivity index (χ4v) is 3.55. The van der Waals surface area contributed by atoms with E-state index in [1.54, 1.807) is 37.4 Å². The lowest BCUT2D eigenvalue weighted by Gasteiger charge is -2.33. The Morgan fingerprint density at radius 1 is 1.16 bits per heavy atom. The van der Waals surface area contributed by atoms with E-state index in [0.717, 1.165) is 25.9 Å². The molecule has 0 unspecified atom stereocenters. The number of non-ortho nitro benzene ring substituents is 1. The molecule has 0 bridgehead atoms. The van der Waals surface area contributed by atoms with Gasteiger partial charge in [-0.15, -0.1) is 0 Å². The minimum atomic E-state index is -0.506. The maximum atomic E-state index is 13.0. The number of rotatable bonds is 5. The van der Waals surface area contributed by atoms with Crippen LogP contribution >= 0.6 is 0 Å². The van der Waals surface area contributed by atoms with E-state index in [1.807, 2.05) is 0 Å². The molecule has 0 radical (unpaired) electrons. The molecule has 9 nitrogen and oxygen atoms in total. The highest BCUT2D eigenvalue weighted by Gasteiger charge is 2.23. The molecule has 2 amide bonds. The second kappa shape index (κ2) is 9.46. The summed E-state index contributed by atoms with van der Waals surface area (Å²) >= 11 is 0. The number of ether oxygens (including phenoxy) is 1. The average Bonchev–Trinajstić information content (AvgIpc) is 2.78. The molecule has 9 heteroatoms. The van der Waals surface area contributed by atoms with E-state index in [2.05, 4.69) is 21.9 Å². The van der Waals surface area contributed by atoms with Crippen LogP contribution in [-0.4, -0.2) is 44.2 Å². The Labute approximate surface area is 180 Å². The zero-order valence-corrected chi connectivity index (χ0v) is 17.8. The molecule has 1 aliphatic heterocycles. The summed E-state index contributed by atoms with van der Waals surface area (Å²) in [6.45, 7) is 3.80. The zero-order chi connectivity index (χ0) is 22.5. The van der Waals surface area contributed by atoms with Gasteiger partial charge in [0.05, 0.1) is 23.3 Å². The van der Waals surface area contributed by atoms with Gasteiger partial charge < -0.3 is 15.0 Å². The maximum Gasteiger partial charge on any atom is 0.413 e. The van der Waals surface area contributed by atoms with Crippen LogP contribution < -0.4 is 15.1 Å². The summed E-state index contributed by atoms with van der Waals surface area (Å²) in [5.74, 6) is 0.194. The molecule has 0 spiro atoms. The first-order valence-electron chi connectivity index (χ1n) is 10.1. The summed E-state index contributed by atoms with van der Waals surface area (Å²) < 4.78 is 4.68. The van der Waals surface area contributed by atoms with E-state index in [1.165, 1.54) is 24.1 Å². The van der Waals surface area contributed by atoms with Crippen LogP contribution in [0.1, 0.15) is 30.1 Å². The number of amides is 2. The van der Waals surface area contributed by atoms with Crippen molar-refractivity contribution < 1.29 is 19.2 Å². The van der Waals surface area contributed by atoms with Crippen molar-refractivity contribution in [1.82, 2.24) is 0 Å². The van der Waals surface area contributed by atoms with Crippen LogP contribution in [0.5, 0.6) is 0 Å². The summed E-state index contributed by atoms with van der Waals surface area (Å²) in [5.41, 5.74) is 1.94. The molecule has 0 atom stereocenters. The highest BCUT2D eigenvalue weighted by Crippen LogP contribution is 2.30. The molecule has 164 valence electrons. The van der Waals surface area contributed by atoms with Gasteiger partial charge in [-0.25, -0.2) is 4.79 Å². The van der Waals surface area contributed by atoms with Gasteiger partial charge in [0.2, 0.25) is 0 Å². The number of nitrogens with zero attached hydrogens (tertiary/aromatic N) is 3. The van der Waals surface area contributed by atoms with Crippen LogP contribution in [0.3, 0.4) is 0 Å². The second-order valence-corrected chi connectivity index (χ2v) is 7.66. The fourth-order valence-electron chi connectivity index (χ4n) is 3.55. The summed E-state index contributed by atoms with van der Waals surface area (Å²) in [6, 6.07) is 11.1. The molecule has 1 aliphatic rings. The SMILES string of the molecule is COC(=O)N(C)c1ccc(NC(=O)c2cc([N+](=O)[O-])ccc2N2CCC(C)CC2)cc1. The summed E-state index contributed by atoms with van der Waals surface area (Å²) in [6.07, 6.45) is 1.51. The smallest absolute Gasteiger partial charge is 0.413 e. The van der Waals surface area contributed by atoms with E-state index >= 15 is 0 Å². The number of hydrogen-bond donors (Lipinski definition) is 1. The minimum Gasteiger partial charge on any atom is -0.452 e. The number of piperidine rings is 1. The van der Waals surface area contributed by atoms with E-state index in [4.69, 9.17) is 0 Å². The monoisotopic (exact) mass is 426 g/mol. The molecule has 2 aromatic rings. The molecular formula is C22H26N4O5. The number of nitro benzene ring substituents is 1. The van der Waals surface area contributed by atoms with Crippen molar-refractivity contribution in [3.8, 4) is 0 Å². The van der Waals surface area contributed by atoms with Crippen LogP contribution in [0.4, 0.5) is 27.5 Å². The van der Waals surface area contributed by atoms with Gasteiger partial charge in [-0.2, -0.15) is 0 Å². The normalized spacial score (nSPS) is 14.1. The van der Waals surface area contributed by atoms with E-state index in [9.17, 15) is 19.7 Å². The molecule has 1 heterocycles. The topological polar surface area (TPSA) is 105 Å². The van der Waals surface area contributed by atoms with Gasteiger partial charge in [0.25, 0.3) is 11.6 Å². The third-order valence-electron chi connectivity index (χ3n) is 5.52. The van der Waals surface area contributed by atoms with Gasteiger partial charge in [0.15, 0.2) is 0 Å². The van der Waals surface area contributed by atoms with Crippen LogP contribution in [0, 0.1) is 16.0 Å². The number of carbonyl (C=O) groups is 2. The number of methoxy groups -OCH3 is 1. The zero-order valence-electron chi connectivity index (χ0n) is 17.8. The molecule has 1 N–H and O–H groups in total. The first-order chi connectivity index (χ1) is 14.8. The lowest BCUT2D eigenvalue weighted by Crippen LogP contribution is -2.34. The molecule has 0 aliphatic carbocycles. The molecule has 31 heavy (non-hydrogen) atoms. The largest absolute Gasteiger partial charge is 0.452 e. The predicted octanol–water partition coefficient (Wildman–Crippen LogP) is 4.29. The Hall–Kier alpha value is -3.62. The standard InChI is InChI=1S/C22H26N4O5/c1-15-10-12-25(13-11-15)20-9-8-18(26(29)30)14-19(20)21(27)23-16-4-6-17(7-5-16)24(2)22(28)31-3/h4-9,14-15H,10-13H2,1-3H3,(H,23,27). The molecule has 2 aromatic carbocycles. The number of hydrogen-bond acceptors (Lipinski definition) is 6. The van der Waals surface area contributed by atoms with Crippen molar-refractivity contribution in [3.63, 3.8) is 0 Å². The quantitative estimate of drug-likeness (QED) is 0.565. The maximum absolute atomic E-state index is 13.0. The molecule has 1 saturated heterocycles. The first kappa shape index (κ1) is 22.1. The van der Waals surface area contributed by atoms with Gasteiger partial charge in [0.1, 0.15) is 0 Å². The number of carbonyl (C=O) groups excluding carboxylic acids is 2. The van der Waals surface area contributed by atoms with Crippen molar-refractivity contribution in [2.75, 3.05) is 42.4 Å². The molecule has 0 saturated carbocycles. The third-order valence-corrected chi connectivity index (χ3v) is 5.52. The van der Waals surface area contributed by atoms with Gasteiger partial charge >= 0.3 is 6.09 Å². The first-order valence-corrected chi connectivity index (χ1v) is 10.1. The Bertz CT molecular complexity index is 968. The Morgan fingerprint density at radius 3 is 2.39 bits per heavy atom. The number of benzene rings is 2. The minimum absolute atomic E-state index is 0.130. The van der Waals surface area contributed by atoms with Gasteiger partial charge in [-0.3, -0.25) is 19.8 Å². The molecule has 0 aromatic heterocycles. The van der Waals surface area contributed by atoms with Crippen molar-refractivity contribution >= 4 is 34.7 Å². The summed E-state index contributed by atoms with van der Waals surface area (Å²) in [5, 5.41) is 14.1. The van der Waals surface area contributed by atoms with Gasteiger partial charge in [0, 0.05) is 43.6 Å². The fraction of sp³-hybridized carbons (Fsp3) is 0.364. The van der Waals surface area contributed by atoms with Crippen molar-refractivity contribution in [1.29, 1.82) is 0 Å². The lowest BCUT2D eigenvalue weighted by molar-refractivity contribution is -0.384. The number of nitrogens with one attached hydrogen (secondary N) is 1. The van der Waals surface area contributed by atoms with Gasteiger partial charge in [-0.1, -0.05) is 6.92 Å². The molecular weight excluding hydrogens is 400 g/mol. The summed E-state index contributed by atoms with van der Waals surface area (Å²) in [4.78, 5) is 38.9. The van der Waals surface area contributed by atoms with Crippen molar-refractivity contribution in [3.05, 3.63) is 58.1 Å². The van der Waals surface area contributed by atoms with Crippen molar-refractivity contribution in [2.45, 2.75) is 19.8 Å². The van der Waals surface area contributed by atoms with Crippen LogP contribution in [0.15, 0.2) is 42.5 Å². The third kappa shape index (κ3) is 5.11. The van der Waals surface area contributed by atoms with E-state index < -0.39 is 16.9 Å². The molecule has 3 rings (SSSR count). The van der Waals surface area contributed by atoms with Crippen LogP contribution in [-0.2, 0) is 4.74 Å². The Morgan fingerprint density at radius 2 is 1.81 bits per heavy atom. The van der Waals surface area contributed by atoms with Gasteiger partial charge in [-0.05, 0) is 49.1 Å². The highest BCUT2D eigenvalue weighted by molar-refractivity contribution is 6.08.